The SMILES string of the molecule is COC(=O)C[CH2][Ge](=[O])[O][Ge](=[O])[CH2]CC(=O)OC. The average molecular weight is 367 g/mol. The molecule has 7 nitrogen and oxygen atoms in total. The molecular formula is C8H14Ge2O7. The van der Waals surface area contributed by atoms with Crippen LogP contribution in [0.25, 0.3) is 0 Å². The van der Waals surface area contributed by atoms with E-state index in [0.29, 0.717) is 0 Å². The normalized spacial score (nSPS) is 9.29. The van der Waals surface area contributed by atoms with E-state index in [4.69, 9.17) is 2.79 Å². The molecule has 0 rings (SSSR count). The van der Waals surface area contributed by atoms with Crippen LogP contribution in [0, 0.1) is 0 Å². The van der Waals surface area contributed by atoms with Crippen molar-refractivity contribution < 1.29 is 29.4 Å². The molecule has 0 fully saturated rings. The fourth-order valence-electron chi connectivity index (χ4n) is 0.841. The van der Waals surface area contributed by atoms with Gasteiger partial charge in [0.25, 0.3) is 0 Å². The van der Waals surface area contributed by atoms with Crippen molar-refractivity contribution in [3.05, 3.63) is 0 Å². The minimum atomic E-state index is -3.11. The van der Waals surface area contributed by atoms with Gasteiger partial charge in [-0.05, 0) is 0 Å². The molecule has 17 heavy (non-hydrogen) atoms. The third-order valence-electron chi connectivity index (χ3n) is 1.75. The summed E-state index contributed by atoms with van der Waals surface area (Å²) < 4.78 is 36.2. The zero-order valence-corrected chi connectivity index (χ0v) is 13.9. The fourth-order valence-corrected chi connectivity index (χ4v) is 8.51. The second kappa shape index (κ2) is 9.46. The number of carbonyl (C=O) groups is 2. The van der Waals surface area contributed by atoms with E-state index in [-0.39, 0.29) is 23.3 Å². The standard InChI is InChI=1S/C8H14Ge2O7/c1-15-7(11)3-5-9(13)17-10(14)6-4-8(12)16-2/h3-6H2,1-2H3. The molecule has 0 unspecified atom stereocenters. The molecule has 0 amide bonds. The Kier molecular flexibility index (Phi) is 9.14. The van der Waals surface area contributed by atoms with E-state index in [0.717, 1.165) is 0 Å². The van der Waals surface area contributed by atoms with Gasteiger partial charge in [0, 0.05) is 0 Å². The fraction of sp³-hybridized carbons (Fsp3) is 0.750. The number of methoxy groups -OCH3 is 2. The molecule has 0 saturated heterocycles. The Balaban J connectivity index is 3.77. The molecule has 0 aromatic heterocycles. The van der Waals surface area contributed by atoms with Gasteiger partial charge in [0.1, 0.15) is 0 Å². The number of carbonyl (C=O) groups excluding carboxylic acids is 2. The van der Waals surface area contributed by atoms with Crippen molar-refractivity contribution in [1.29, 1.82) is 0 Å². The van der Waals surface area contributed by atoms with Gasteiger partial charge in [-0.1, -0.05) is 0 Å². The summed E-state index contributed by atoms with van der Waals surface area (Å²) in [7, 11) is 2.47. The number of rotatable bonds is 8. The van der Waals surface area contributed by atoms with E-state index >= 15 is 0 Å². The average Bonchev–Trinajstić information content (AvgIpc) is 2.32. The summed E-state index contributed by atoms with van der Waals surface area (Å²) in [5.41, 5.74) is 0. The first kappa shape index (κ1) is 16.4. The topological polar surface area (TPSA) is 96.0 Å². The predicted octanol–water partition coefficient (Wildman–Crippen LogP) is -0.0334. The number of hydrogen-bond donors (Lipinski definition) is 0. The van der Waals surface area contributed by atoms with Crippen molar-refractivity contribution in [3.63, 3.8) is 0 Å². The molecule has 0 heterocycles. The van der Waals surface area contributed by atoms with Gasteiger partial charge in [-0.3, -0.25) is 0 Å². The minimum absolute atomic E-state index is 0.00205. The summed E-state index contributed by atoms with van der Waals surface area (Å²) in [6, 6.07) is 0. The van der Waals surface area contributed by atoms with Crippen LogP contribution < -0.4 is 0 Å². The summed E-state index contributed by atoms with van der Waals surface area (Å²) in [6.07, 6.45) is -0.00410. The second-order valence-corrected chi connectivity index (χ2v) is 10.9. The van der Waals surface area contributed by atoms with Crippen LogP contribution in [0.15, 0.2) is 0 Å². The Morgan fingerprint density at radius 2 is 1.24 bits per heavy atom. The molecule has 0 radical (unpaired) electrons. The van der Waals surface area contributed by atoms with E-state index in [1.165, 1.54) is 14.2 Å². The second-order valence-electron chi connectivity index (χ2n) is 3.00. The molecule has 9 heteroatoms. The first-order valence-corrected chi connectivity index (χ1v) is 11.3. The molecule has 0 spiro atoms. The summed E-state index contributed by atoms with van der Waals surface area (Å²) in [5, 5.41) is 0.146. The zero-order valence-electron chi connectivity index (χ0n) is 9.69. The summed E-state index contributed by atoms with van der Waals surface area (Å²) in [4.78, 5) is 21.5. The van der Waals surface area contributed by atoms with Gasteiger partial charge in [0.2, 0.25) is 0 Å². The van der Waals surface area contributed by atoms with Crippen LogP contribution in [-0.2, 0) is 29.4 Å². The van der Waals surface area contributed by atoms with Gasteiger partial charge in [-0.25, -0.2) is 0 Å². The first-order chi connectivity index (χ1) is 7.99. The summed E-state index contributed by atoms with van der Waals surface area (Å²) in [5.74, 6) is -0.951. The number of esters is 2. The van der Waals surface area contributed by atoms with Crippen molar-refractivity contribution in [3.8, 4) is 0 Å². The number of ether oxygens (including phenoxy) is 2. The van der Waals surface area contributed by atoms with Crippen LogP contribution in [0.4, 0.5) is 0 Å². The molecule has 0 N–H and O–H groups in total. The van der Waals surface area contributed by atoms with Crippen molar-refractivity contribution in [1.82, 2.24) is 0 Å². The van der Waals surface area contributed by atoms with Gasteiger partial charge in [0.15, 0.2) is 0 Å². The molecule has 0 saturated carbocycles. The van der Waals surface area contributed by atoms with Crippen LogP contribution in [0.3, 0.4) is 0 Å². The molecule has 0 aliphatic heterocycles. The molecule has 0 aliphatic carbocycles. The maximum atomic E-state index is 11.3. The van der Waals surface area contributed by atoms with Gasteiger partial charge in [-0.15, -0.1) is 0 Å². The van der Waals surface area contributed by atoms with Crippen LogP contribution in [0.1, 0.15) is 12.8 Å². The molecule has 0 bridgehead atoms. The Morgan fingerprint density at radius 3 is 1.53 bits per heavy atom. The van der Waals surface area contributed by atoms with E-state index in [1.807, 2.05) is 0 Å². The summed E-state index contributed by atoms with van der Waals surface area (Å²) >= 11 is -6.22. The third-order valence-corrected chi connectivity index (χ3v) is 10.4. The van der Waals surface area contributed by atoms with Gasteiger partial charge in [-0.2, -0.15) is 0 Å². The quantitative estimate of drug-likeness (QED) is 0.439. The first-order valence-electron chi connectivity index (χ1n) is 4.86. The molecular weight excluding hydrogens is 353 g/mol. The van der Waals surface area contributed by atoms with E-state index in [9.17, 15) is 17.1 Å². The molecule has 0 aliphatic rings. The van der Waals surface area contributed by atoms with Gasteiger partial charge >= 0.3 is 108 Å². The Bertz CT molecular complexity index is 285. The van der Waals surface area contributed by atoms with E-state index in [2.05, 4.69) is 9.47 Å². The zero-order chi connectivity index (χ0) is 13.3. The number of hydrogen-bond acceptors (Lipinski definition) is 7. The molecule has 0 atom stereocenters. The summed E-state index contributed by atoms with van der Waals surface area (Å²) in [6.45, 7) is 0. The predicted molar refractivity (Wildman–Crippen MR) is 56.8 cm³/mol. The van der Waals surface area contributed by atoms with Crippen LogP contribution in [0.5, 0.6) is 0 Å². The Hall–Kier alpha value is -0.574. The van der Waals surface area contributed by atoms with Crippen LogP contribution in [-0.4, -0.2) is 55.4 Å². The molecule has 0 aromatic rings. The Labute approximate surface area is 108 Å². The monoisotopic (exact) mass is 370 g/mol. The Morgan fingerprint density at radius 1 is 0.882 bits per heavy atom. The maximum absolute atomic E-state index is 11.3. The van der Waals surface area contributed by atoms with Crippen molar-refractivity contribution in [2.24, 2.45) is 0 Å². The van der Waals surface area contributed by atoms with Crippen molar-refractivity contribution >= 4 is 41.2 Å². The molecule has 0 aromatic carbocycles. The van der Waals surface area contributed by atoms with Crippen molar-refractivity contribution in [2.45, 2.75) is 23.3 Å². The van der Waals surface area contributed by atoms with E-state index in [1.54, 1.807) is 0 Å². The molecule has 96 valence electrons. The van der Waals surface area contributed by atoms with Crippen LogP contribution >= 0.6 is 0 Å². The van der Waals surface area contributed by atoms with Gasteiger partial charge in [0.05, 0.1) is 0 Å². The van der Waals surface area contributed by atoms with Crippen LogP contribution in [0.2, 0.25) is 10.5 Å². The third kappa shape index (κ3) is 9.16. The van der Waals surface area contributed by atoms with E-state index < -0.39 is 41.2 Å². The van der Waals surface area contributed by atoms with Crippen molar-refractivity contribution in [2.75, 3.05) is 14.2 Å². The van der Waals surface area contributed by atoms with Gasteiger partial charge < -0.3 is 0 Å².